The zero-order valence-corrected chi connectivity index (χ0v) is 22.6. The number of aliphatic imine (C=N–C) groups is 2. The number of nitrogens with one attached hydrogen (secondary N) is 2. The van der Waals surface area contributed by atoms with Crippen LogP contribution in [0.3, 0.4) is 0 Å². The van der Waals surface area contributed by atoms with Gasteiger partial charge in [0.25, 0.3) is 0 Å². The Bertz CT molecular complexity index is 1540. The smallest absolute Gasteiger partial charge is 0.159 e. The van der Waals surface area contributed by atoms with Crippen molar-refractivity contribution in [3.05, 3.63) is 59.8 Å². The van der Waals surface area contributed by atoms with Gasteiger partial charge in [-0.2, -0.15) is 0 Å². The van der Waals surface area contributed by atoms with Gasteiger partial charge in [0.05, 0.1) is 23.5 Å². The zero-order valence-electron chi connectivity index (χ0n) is 22.6. The SMILES string of the molecule is C[C@@H]1N=C2C(=CC=C1c1cncc(OCCN(C)C)c1)C(=N)N=C2c1nc2c(N3CCCCC3)nccc2[nH]1. The Labute approximate surface area is 227 Å². The molecule has 0 radical (unpaired) electrons. The third-order valence-corrected chi connectivity index (χ3v) is 7.28. The van der Waals surface area contributed by atoms with Crippen molar-refractivity contribution in [2.24, 2.45) is 9.98 Å². The number of H-pyrrole nitrogens is 1. The Morgan fingerprint density at radius 2 is 1.97 bits per heavy atom. The highest BCUT2D eigenvalue weighted by molar-refractivity contribution is 6.63. The van der Waals surface area contributed by atoms with Gasteiger partial charge in [0.1, 0.15) is 23.6 Å². The van der Waals surface area contributed by atoms with E-state index in [1.54, 1.807) is 6.20 Å². The van der Waals surface area contributed by atoms with Gasteiger partial charge in [-0.1, -0.05) is 6.08 Å². The van der Waals surface area contributed by atoms with Crippen LogP contribution in [-0.4, -0.2) is 88.5 Å². The number of aromatic nitrogens is 4. The first-order valence-electron chi connectivity index (χ1n) is 13.5. The predicted octanol–water partition coefficient (Wildman–Crippen LogP) is 3.92. The van der Waals surface area contributed by atoms with Crippen molar-refractivity contribution < 1.29 is 4.74 Å². The van der Waals surface area contributed by atoms with E-state index in [9.17, 15) is 0 Å². The summed E-state index contributed by atoms with van der Waals surface area (Å²) in [4.78, 5) is 31.5. The number of pyridine rings is 2. The lowest BCUT2D eigenvalue weighted by Crippen LogP contribution is -2.30. The van der Waals surface area contributed by atoms with Crippen molar-refractivity contribution in [3.63, 3.8) is 0 Å². The van der Waals surface area contributed by atoms with E-state index < -0.39 is 0 Å². The van der Waals surface area contributed by atoms with Gasteiger partial charge in [-0.25, -0.2) is 15.0 Å². The van der Waals surface area contributed by atoms with Crippen molar-refractivity contribution in [1.29, 1.82) is 5.41 Å². The fourth-order valence-corrected chi connectivity index (χ4v) is 5.20. The van der Waals surface area contributed by atoms with Crippen LogP contribution in [0.5, 0.6) is 5.75 Å². The number of hydrogen-bond donors (Lipinski definition) is 2. The second kappa shape index (κ2) is 10.5. The van der Waals surface area contributed by atoms with Crippen LogP contribution in [0.15, 0.2) is 58.4 Å². The summed E-state index contributed by atoms with van der Waals surface area (Å²) in [6.45, 7) is 5.43. The van der Waals surface area contributed by atoms with E-state index in [-0.39, 0.29) is 11.9 Å². The van der Waals surface area contributed by atoms with Crippen molar-refractivity contribution in [1.82, 2.24) is 24.8 Å². The first kappa shape index (κ1) is 25.1. The molecule has 3 aromatic heterocycles. The van der Waals surface area contributed by atoms with Gasteiger partial charge in [0.2, 0.25) is 0 Å². The van der Waals surface area contributed by atoms with Gasteiger partial charge in [-0.15, -0.1) is 0 Å². The molecule has 200 valence electrons. The Morgan fingerprint density at radius 1 is 1.13 bits per heavy atom. The molecule has 39 heavy (non-hydrogen) atoms. The minimum atomic E-state index is -0.182. The van der Waals surface area contributed by atoms with E-state index in [0.717, 1.165) is 66.2 Å². The van der Waals surface area contributed by atoms with Crippen molar-refractivity contribution in [2.75, 3.05) is 45.2 Å². The van der Waals surface area contributed by atoms with Gasteiger partial charge in [-0.3, -0.25) is 15.4 Å². The third kappa shape index (κ3) is 4.99. The van der Waals surface area contributed by atoms with E-state index in [0.29, 0.717) is 29.4 Å². The minimum absolute atomic E-state index is 0.182. The summed E-state index contributed by atoms with van der Waals surface area (Å²) in [7, 11) is 4.04. The average Bonchev–Trinajstić information content (AvgIpc) is 3.44. The zero-order chi connectivity index (χ0) is 26.9. The number of likely N-dealkylation sites (N-methyl/N-ethyl adjacent to an activating group) is 1. The summed E-state index contributed by atoms with van der Waals surface area (Å²) in [6, 6.07) is 3.76. The lowest BCUT2D eigenvalue weighted by Gasteiger charge is -2.27. The fourth-order valence-electron chi connectivity index (χ4n) is 5.20. The molecule has 3 aliphatic heterocycles. The first-order chi connectivity index (χ1) is 19.0. The number of aromatic amines is 1. The fraction of sp³-hybridized carbons (Fsp3) is 0.379. The number of imidazole rings is 1. The molecule has 1 fully saturated rings. The van der Waals surface area contributed by atoms with Crippen molar-refractivity contribution >= 4 is 39.7 Å². The average molecular weight is 524 g/mol. The Morgan fingerprint density at radius 3 is 2.79 bits per heavy atom. The summed E-state index contributed by atoms with van der Waals surface area (Å²) in [5.41, 5.74) is 5.64. The van der Waals surface area contributed by atoms with Crippen LogP contribution in [0.25, 0.3) is 16.6 Å². The largest absolute Gasteiger partial charge is 0.491 e. The van der Waals surface area contributed by atoms with E-state index in [1.165, 1.54) is 6.42 Å². The summed E-state index contributed by atoms with van der Waals surface area (Å²) < 4.78 is 5.91. The molecule has 0 amide bonds. The Hall–Kier alpha value is -4.18. The first-order valence-corrected chi connectivity index (χ1v) is 13.5. The summed E-state index contributed by atoms with van der Waals surface area (Å²) in [6.07, 6.45) is 12.9. The molecular formula is C29H33N9O. The second-order valence-electron chi connectivity index (χ2n) is 10.4. The summed E-state index contributed by atoms with van der Waals surface area (Å²) in [5, 5.41) is 8.60. The summed E-state index contributed by atoms with van der Waals surface area (Å²) >= 11 is 0. The molecular weight excluding hydrogens is 490 g/mol. The standard InChI is InChI=1S/C29H33N9O/c1-18-21(19-15-20(17-31-16-19)39-14-13-37(2)3)7-8-22-24(33-18)26(35-27(22)30)28-34-23-9-10-32-29(25(23)36-28)38-11-5-4-6-12-38/h7-10,15-18,30H,4-6,11-14H2,1-3H3,(H,34,36)/t18-/m0/s1. The van der Waals surface area contributed by atoms with Gasteiger partial charge in [-0.05, 0) is 64.1 Å². The van der Waals surface area contributed by atoms with E-state index >= 15 is 0 Å². The quantitative estimate of drug-likeness (QED) is 0.485. The number of fused-ring (bicyclic) bond motifs is 2. The van der Waals surface area contributed by atoms with Crippen LogP contribution < -0.4 is 9.64 Å². The number of hydrogen-bond acceptors (Lipinski definition) is 8. The number of piperidine rings is 1. The highest BCUT2D eigenvalue weighted by Gasteiger charge is 2.32. The number of nitrogens with zero attached hydrogens (tertiary/aromatic N) is 7. The second-order valence-corrected chi connectivity index (χ2v) is 10.4. The van der Waals surface area contributed by atoms with E-state index in [4.69, 9.17) is 20.1 Å². The molecule has 3 aromatic rings. The van der Waals surface area contributed by atoms with Crippen LogP contribution in [0, 0.1) is 5.41 Å². The lowest BCUT2D eigenvalue weighted by atomic mass is 10.0. The summed E-state index contributed by atoms with van der Waals surface area (Å²) in [5.74, 6) is 2.42. The molecule has 1 atom stereocenters. The van der Waals surface area contributed by atoms with Crippen LogP contribution >= 0.6 is 0 Å². The molecule has 3 aliphatic rings. The number of ether oxygens (including phenoxy) is 1. The topological polar surface area (TPSA) is 119 Å². The van der Waals surface area contributed by atoms with Crippen LogP contribution in [0.2, 0.25) is 0 Å². The molecule has 6 rings (SSSR count). The molecule has 0 unspecified atom stereocenters. The Balaban J connectivity index is 1.30. The maximum Gasteiger partial charge on any atom is 0.159 e. The highest BCUT2D eigenvalue weighted by Crippen LogP contribution is 2.31. The minimum Gasteiger partial charge on any atom is -0.491 e. The van der Waals surface area contributed by atoms with E-state index in [1.807, 2.05) is 57.7 Å². The maximum absolute atomic E-state index is 8.60. The van der Waals surface area contributed by atoms with Crippen molar-refractivity contribution in [2.45, 2.75) is 32.2 Å². The predicted molar refractivity (Wildman–Crippen MR) is 155 cm³/mol. The van der Waals surface area contributed by atoms with Crippen LogP contribution in [0.4, 0.5) is 5.82 Å². The van der Waals surface area contributed by atoms with Crippen LogP contribution in [0.1, 0.15) is 37.6 Å². The molecule has 0 aromatic carbocycles. The molecule has 0 aliphatic carbocycles. The Kier molecular flexibility index (Phi) is 6.78. The number of amidine groups is 1. The van der Waals surface area contributed by atoms with Gasteiger partial charge < -0.3 is 19.5 Å². The van der Waals surface area contributed by atoms with Gasteiger partial charge >= 0.3 is 0 Å². The van der Waals surface area contributed by atoms with E-state index in [2.05, 4.69) is 29.7 Å². The monoisotopic (exact) mass is 523 g/mol. The molecule has 2 N–H and O–H groups in total. The third-order valence-electron chi connectivity index (χ3n) is 7.28. The lowest BCUT2D eigenvalue weighted by molar-refractivity contribution is 0.260. The molecule has 0 bridgehead atoms. The number of anilines is 1. The highest BCUT2D eigenvalue weighted by atomic mass is 16.5. The molecule has 0 saturated carbocycles. The van der Waals surface area contributed by atoms with Crippen LogP contribution in [-0.2, 0) is 0 Å². The molecule has 10 nitrogen and oxygen atoms in total. The van der Waals surface area contributed by atoms with Gasteiger partial charge in [0.15, 0.2) is 17.5 Å². The molecule has 0 spiro atoms. The van der Waals surface area contributed by atoms with Crippen molar-refractivity contribution in [3.8, 4) is 5.75 Å². The number of rotatable bonds is 7. The molecule has 6 heterocycles. The number of allylic oxidation sites excluding steroid dienone is 2. The maximum atomic E-state index is 8.60. The van der Waals surface area contributed by atoms with Gasteiger partial charge in [0, 0.05) is 43.2 Å². The normalized spacial score (nSPS) is 19.4. The molecule has 1 saturated heterocycles. The molecule has 10 heteroatoms.